The van der Waals surface area contributed by atoms with Gasteiger partial charge in [0.25, 0.3) is 0 Å². The fourth-order valence-electron chi connectivity index (χ4n) is 8.06. The van der Waals surface area contributed by atoms with Gasteiger partial charge in [-0.1, -0.05) is 220 Å². The van der Waals surface area contributed by atoms with Gasteiger partial charge in [-0.15, -0.1) is 0 Å². The van der Waals surface area contributed by atoms with E-state index in [1.54, 1.807) is 0 Å². The Morgan fingerprint density at radius 3 is 0.458 bits per heavy atom. The van der Waals surface area contributed by atoms with Crippen LogP contribution in [0.25, 0.3) is 0 Å². The molecular weight excluding hydrogens is 602 g/mol. The maximum atomic E-state index is 2.36. The van der Waals surface area contributed by atoms with Crippen molar-refractivity contribution in [3.63, 3.8) is 0 Å². The number of rotatable bonds is 42. The molecule has 0 atom stereocenters. The molecule has 0 spiro atoms. The molecule has 0 amide bonds. The molecule has 0 aromatic rings. The van der Waals surface area contributed by atoms with E-state index >= 15 is 0 Å². The van der Waals surface area contributed by atoms with E-state index in [1.807, 2.05) is 0 Å². The van der Waals surface area contributed by atoms with E-state index in [0.29, 0.717) is 0 Å². The maximum absolute atomic E-state index is 2.36. The van der Waals surface area contributed by atoms with E-state index in [0.717, 1.165) is 0 Å². The largest absolute Gasteiger partial charge is 1.00 e. The molecule has 0 radical (unpaired) electrons. The summed E-state index contributed by atoms with van der Waals surface area (Å²) in [7, 11) is 0. The molecule has 0 saturated carbocycles. The van der Waals surface area contributed by atoms with E-state index in [-0.39, 0.29) is 12.4 Å². The summed E-state index contributed by atoms with van der Waals surface area (Å²) in [6.45, 7) is 15.3. The molecule has 48 heavy (non-hydrogen) atoms. The normalized spacial score (nSPS) is 11.8. The van der Waals surface area contributed by atoms with E-state index in [9.17, 15) is 0 Å². The second-order valence-electron chi connectivity index (χ2n) is 16.3. The van der Waals surface area contributed by atoms with E-state index in [1.165, 1.54) is 275 Å². The lowest BCUT2D eigenvalue weighted by Crippen LogP contribution is -3.00. The number of quaternary nitrogens is 1. The van der Waals surface area contributed by atoms with E-state index < -0.39 is 0 Å². The molecule has 1 nitrogen and oxygen atoms in total. The molecule has 0 heterocycles. The summed E-state index contributed by atoms with van der Waals surface area (Å²) >= 11 is 0. The Hall–Kier alpha value is 0.250. The number of unbranched alkanes of at least 4 members (excludes halogenated alkanes) is 34. The van der Waals surface area contributed by atoms with Crippen LogP contribution in [-0.4, -0.2) is 30.7 Å². The SMILES string of the molecule is CCCCCCCCCCCCCCCC[N+](CCCCCCC)(CCCCCCC)CCCCCCCCCCCCCCCC.[Cl-]. The molecule has 0 unspecified atom stereocenters. The third-order valence-corrected chi connectivity index (χ3v) is 11.4. The van der Waals surface area contributed by atoms with Crippen LogP contribution in [0.1, 0.15) is 272 Å². The highest BCUT2D eigenvalue weighted by atomic mass is 35.5. The van der Waals surface area contributed by atoms with Gasteiger partial charge < -0.3 is 16.9 Å². The first kappa shape index (κ1) is 50.4. The zero-order valence-corrected chi connectivity index (χ0v) is 35.3. The smallest absolute Gasteiger partial charge is 0.0786 e. The summed E-state index contributed by atoms with van der Waals surface area (Å²) < 4.78 is 1.48. The van der Waals surface area contributed by atoms with E-state index in [4.69, 9.17) is 0 Å². The lowest BCUT2D eigenvalue weighted by Gasteiger charge is -2.40. The van der Waals surface area contributed by atoms with Crippen molar-refractivity contribution in [2.24, 2.45) is 0 Å². The van der Waals surface area contributed by atoms with Gasteiger partial charge in [-0.25, -0.2) is 0 Å². The Morgan fingerprint density at radius 1 is 0.188 bits per heavy atom. The summed E-state index contributed by atoms with van der Waals surface area (Å²) in [5, 5.41) is 0. The van der Waals surface area contributed by atoms with Crippen molar-refractivity contribution in [3.8, 4) is 0 Å². The molecule has 0 rings (SSSR count). The molecule has 0 bridgehead atoms. The molecule has 0 aliphatic rings. The summed E-state index contributed by atoms with van der Waals surface area (Å²) in [5.74, 6) is 0. The molecule has 292 valence electrons. The average molecular weight is 699 g/mol. The minimum atomic E-state index is 0. The van der Waals surface area contributed by atoms with Gasteiger partial charge in [-0.3, -0.25) is 0 Å². The highest BCUT2D eigenvalue weighted by Gasteiger charge is 2.25. The first-order valence-electron chi connectivity index (χ1n) is 23.1. The van der Waals surface area contributed by atoms with Crippen molar-refractivity contribution >= 4 is 0 Å². The van der Waals surface area contributed by atoms with Crippen LogP contribution in [0.4, 0.5) is 0 Å². The molecule has 0 saturated heterocycles. The summed E-state index contributed by atoms with van der Waals surface area (Å²) in [6.07, 6.45) is 55.7. The highest BCUT2D eigenvalue weighted by Crippen LogP contribution is 2.21. The van der Waals surface area contributed by atoms with Gasteiger partial charge in [0, 0.05) is 0 Å². The van der Waals surface area contributed by atoms with Crippen LogP contribution in [0.3, 0.4) is 0 Å². The van der Waals surface area contributed by atoms with Gasteiger partial charge in [-0.2, -0.15) is 0 Å². The molecular formula is C46H96ClN. The molecule has 0 aromatic heterocycles. The van der Waals surface area contributed by atoms with Crippen LogP contribution >= 0.6 is 0 Å². The number of hydrogen-bond acceptors (Lipinski definition) is 0. The van der Waals surface area contributed by atoms with Crippen LogP contribution < -0.4 is 12.4 Å². The van der Waals surface area contributed by atoms with Gasteiger partial charge >= 0.3 is 0 Å². The van der Waals surface area contributed by atoms with Gasteiger partial charge in [0.15, 0.2) is 0 Å². The van der Waals surface area contributed by atoms with Crippen molar-refractivity contribution in [2.75, 3.05) is 26.2 Å². The molecule has 2 heteroatoms. The monoisotopic (exact) mass is 698 g/mol. The fourth-order valence-corrected chi connectivity index (χ4v) is 8.06. The zero-order valence-electron chi connectivity index (χ0n) is 34.5. The van der Waals surface area contributed by atoms with Crippen LogP contribution in [0.15, 0.2) is 0 Å². The number of hydrogen-bond donors (Lipinski definition) is 0. The summed E-state index contributed by atoms with van der Waals surface area (Å²) in [5.41, 5.74) is 0. The lowest BCUT2D eigenvalue weighted by molar-refractivity contribution is -0.929. The predicted molar refractivity (Wildman–Crippen MR) is 218 cm³/mol. The van der Waals surface area contributed by atoms with Crippen LogP contribution in [0, 0.1) is 0 Å². The quantitative estimate of drug-likeness (QED) is 0.0440. The van der Waals surface area contributed by atoms with Crippen molar-refractivity contribution in [2.45, 2.75) is 272 Å². The molecule has 0 aliphatic heterocycles. The minimum absolute atomic E-state index is 0. The topological polar surface area (TPSA) is 0 Å². The van der Waals surface area contributed by atoms with Gasteiger partial charge in [0.1, 0.15) is 0 Å². The van der Waals surface area contributed by atoms with Crippen molar-refractivity contribution in [3.05, 3.63) is 0 Å². The van der Waals surface area contributed by atoms with Crippen LogP contribution in [0.5, 0.6) is 0 Å². The Balaban J connectivity index is 0. The molecule has 0 aliphatic carbocycles. The third kappa shape index (κ3) is 37.5. The molecule has 0 aromatic carbocycles. The van der Waals surface area contributed by atoms with Crippen LogP contribution in [0.2, 0.25) is 0 Å². The summed E-state index contributed by atoms with van der Waals surface area (Å²) in [6, 6.07) is 0. The Labute approximate surface area is 313 Å². The van der Waals surface area contributed by atoms with E-state index in [2.05, 4.69) is 27.7 Å². The minimum Gasteiger partial charge on any atom is -1.00 e. The number of halogens is 1. The molecule has 0 N–H and O–H groups in total. The third-order valence-electron chi connectivity index (χ3n) is 11.4. The second-order valence-corrected chi connectivity index (χ2v) is 16.3. The highest BCUT2D eigenvalue weighted by molar-refractivity contribution is 4.56. The Morgan fingerprint density at radius 2 is 0.312 bits per heavy atom. The van der Waals surface area contributed by atoms with Crippen molar-refractivity contribution < 1.29 is 16.9 Å². The van der Waals surface area contributed by atoms with Crippen molar-refractivity contribution in [1.29, 1.82) is 0 Å². The average Bonchev–Trinajstić information content (AvgIpc) is 3.08. The zero-order chi connectivity index (χ0) is 34.2. The lowest BCUT2D eigenvalue weighted by atomic mass is 10.0. The Bertz CT molecular complexity index is 500. The Kier molecular flexibility index (Phi) is 45.5. The summed E-state index contributed by atoms with van der Waals surface area (Å²) in [4.78, 5) is 0. The molecule has 0 fully saturated rings. The van der Waals surface area contributed by atoms with Gasteiger partial charge in [-0.05, 0) is 51.4 Å². The number of nitrogens with zero attached hydrogens (tertiary/aromatic N) is 1. The van der Waals surface area contributed by atoms with Crippen LogP contribution in [-0.2, 0) is 0 Å². The predicted octanol–water partition coefficient (Wildman–Crippen LogP) is 13.7. The maximum Gasteiger partial charge on any atom is 0.0786 e. The second kappa shape index (κ2) is 43.4. The fraction of sp³-hybridized carbons (Fsp3) is 1.00. The van der Waals surface area contributed by atoms with Gasteiger partial charge in [0.2, 0.25) is 0 Å². The first-order valence-corrected chi connectivity index (χ1v) is 23.1. The van der Waals surface area contributed by atoms with Gasteiger partial charge in [0.05, 0.1) is 26.2 Å². The first-order chi connectivity index (χ1) is 23.2. The van der Waals surface area contributed by atoms with Crippen molar-refractivity contribution in [1.82, 2.24) is 0 Å². The standard InChI is InChI=1S/C46H96N.ClH/c1-5-9-13-17-19-21-23-25-27-29-31-33-37-41-45-47(43-39-35-15-11-7-3,44-40-36-16-12-8-4)46-42-38-34-32-30-28-26-24-22-20-18-14-10-6-2;/h5-46H2,1-4H3;1H/q+1;/p-1.